The Morgan fingerprint density at radius 1 is 1.09 bits per heavy atom. The molecular formula is C21H24O2. The predicted molar refractivity (Wildman–Crippen MR) is 91.6 cm³/mol. The first-order valence-corrected chi connectivity index (χ1v) is 8.58. The zero-order chi connectivity index (χ0) is 16.3. The molecule has 23 heavy (non-hydrogen) atoms. The molecule has 0 N–H and O–H groups in total. The van der Waals surface area contributed by atoms with E-state index < -0.39 is 0 Å². The number of hydrogen-bond donors (Lipinski definition) is 0. The van der Waals surface area contributed by atoms with Crippen molar-refractivity contribution < 1.29 is 9.53 Å². The molecule has 0 aliphatic heterocycles. The lowest BCUT2D eigenvalue weighted by Crippen LogP contribution is -2.46. The first kappa shape index (κ1) is 14.7. The van der Waals surface area contributed by atoms with Crippen molar-refractivity contribution in [3.05, 3.63) is 53.6 Å². The molecule has 0 saturated heterocycles. The third-order valence-corrected chi connectivity index (χ3v) is 6.80. The first-order valence-electron chi connectivity index (χ1n) is 8.58. The number of allylic oxidation sites excluding steroid dienone is 4. The van der Waals surface area contributed by atoms with Gasteiger partial charge in [0.1, 0.15) is 5.75 Å². The van der Waals surface area contributed by atoms with Gasteiger partial charge in [-0.2, -0.15) is 0 Å². The van der Waals surface area contributed by atoms with Gasteiger partial charge in [0.25, 0.3) is 0 Å². The lowest BCUT2D eigenvalue weighted by atomic mass is 9.52. The second-order valence-corrected chi connectivity index (χ2v) is 7.56. The monoisotopic (exact) mass is 308 g/mol. The van der Waals surface area contributed by atoms with Gasteiger partial charge < -0.3 is 4.74 Å². The van der Waals surface area contributed by atoms with Crippen LogP contribution in [0.1, 0.15) is 45.1 Å². The number of benzene rings is 1. The standard InChI is InChI=1S/C21H24O2/c1-15(22)18-14-20-11-5-4-10-19(20,2)21(18,13-12-20)16-6-8-17(23-3)9-7-16/h6-9,12-14H,4-5,10-11H2,1-3H3/t19-,20-,21-/m0/s1. The molecule has 0 unspecified atom stereocenters. The molecule has 4 rings (SSSR count). The highest BCUT2D eigenvalue weighted by molar-refractivity contribution is 5.99. The van der Waals surface area contributed by atoms with E-state index in [2.05, 4.69) is 37.3 Å². The van der Waals surface area contributed by atoms with Crippen LogP contribution in [0, 0.1) is 10.8 Å². The van der Waals surface area contributed by atoms with Gasteiger partial charge >= 0.3 is 0 Å². The Morgan fingerprint density at radius 2 is 1.78 bits per heavy atom. The molecule has 2 bridgehead atoms. The SMILES string of the molecule is COc1ccc([C@@]23C=C[C@]4(C=C2C(C)=O)CCCC[C@@]43C)cc1. The fourth-order valence-electron chi connectivity index (χ4n) is 5.54. The summed E-state index contributed by atoms with van der Waals surface area (Å²) in [6.45, 7) is 4.11. The van der Waals surface area contributed by atoms with Crippen LogP contribution in [-0.2, 0) is 10.2 Å². The Bertz CT molecular complexity index is 727. The lowest BCUT2D eigenvalue weighted by Gasteiger charge is -2.50. The molecule has 0 radical (unpaired) electrons. The van der Waals surface area contributed by atoms with Crippen LogP contribution in [0.25, 0.3) is 0 Å². The Hall–Kier alpha value is -1.83. The predicted octanol–water partition coefficient (Wildman–Crippen LogP) is 4.60. The molecule has 0 amide bonds. The molecule has 2 nitrogen and oxygen atoms in total. The second kappa shape index (κ2) is 4.59. The number of ketones is 1. The Morgan fingerprint density at radius 3 is 2.43 bits per heavy atom. The van der Waals surface area contributed by atoms with E-state index in [1.807, 2.05) is 12.1 Å². The Balaban J connectivity index is 1.94. The van der Waals surface area contributed by atoms with Gasteiger partial charge in [0.15, 0.2) is 5.78 Å². The molecule has 1 saturated carbocycles. The van der Waals surface area contributed by atoms with E-state index in [0.29, 0.717) is 0 Å². The highest BCUT2D eigenvalue weighted by atomic mass is 16.5. The van der Waals surface area contributed by atoms with Crippen molar-refractivity contribution >= 4 is 5.78 Å². The van der Waals surface area contributed by atoms with Crippen molar-refractivity contribution in [2.24, 2.45) is 10.8 Å². The molecule has 3 aliphatic carbocycles. The topological polar surface area (TPSA) is 26.3 Å². The molecular weight excluding hydrogens is 284 g/mol. The molecule has 3 atom stereocenters. The molecule has 2 heteroatoms. The van der Waals surface area contributed by atoms with Gasteiger partial charge in [-0.05, 0) is 42.9 Å². The summed E-state index contributed by atoms with van der Waals surface area (Å²) in [6, 6.07) is 8.31. The zero-order valence-electron chi connectivity index (χ0n) is 14.2. The van der Waals surface area contributed by atoms with Crippen molar-refractivity contribution in [1.29, 1.82) is 0 Å². The zero-order valence-corrected chi connectivity index (χ0v) is 14.2. The molecule has 1 aromatic rings. The van der Waals surface area contributed by atoms with Gasteiger partial charge in [0, 0.05) is 16.4 Å². The van der Waals surface area contributed by atoms with Crippen LogP contribution in [0.2, 0.25) is 0 Å². The van der Waals surface area contributed by atoms with Crippen molar-refractivity contribution in [2.45, 2.75) is 44.9 Å². The fraction of sp³-hybridized carbons (Fsp3) is 0.476. The van der Waals surface area contributed by atoms with Crippen LogP contribution >= 0.6 is 0 Å². The molecule has 3 aliphatic rings. The number of carbonyl (C=O) groups is 1. The van der Waals surface area contributed by atoms with Crippen LogP contribution in [-0.4, -0.2) is 12.9 Å². The van der Waals surface area contributed by atoms with Gasteiger partial charge in [0.2, 0.25) is 0 Å². The van der Waals surface area contributed by atoms with Crippen LogP contribution in [0.4, 0.5) is 0 Å². The molecule has 0 spiro atoms. The summed E-state index contributed by atoms with van der Waals surface area (Å²) >= 11 is 0. The number of rotatable bonds is 3. The lowest BCUT2D eigenvalue weighted by molar-refractivity contribution is -0.114. The summed E-state index contributed by atoms with van der Waals surface area (Å²) < 4.78 is 5.31. The number of carbonyl (C=O) groups excluding carboxylic acids is 1. The van der Waals surface area contributed by atoms with Crippen LogP contribution in [0.15, 0.2) is 48.1 Å². The summed E-state index contributed by atoms with van der Waals surface area (Å²) in [7, 11) is 1.69. The molecule has 1 fully saturated rings. The van der Waals surface area contributed by atoms with E-state index >= 15 is 0 Å². The van der Waals surface area contributed by atoms with E-state index in [4.69, 9.17) is 4.74 Å². The van der Waals surface area contributed by atoms with Crippen LogP contribution < -0.4 is 4.74 Å². The van der Waals surface area contributed by atoms with Crippen LogP contribution in [0.3, 0.4) is 0 Å². The first-order chi connectivity index (χ1) is 11.0. The third kappa shape index (κ3) is 1.57. The van der Waals surface area contributed by atoms with Gasteiger partial charge in [-0.25, -0.2) is 0 Å². The number of ether oxygens (including phenoxy) is 1. The van der Waals surface area contributed by atoms with Gasteiger partial charge in [-0.1, -0.05) is 50.1 Å². The minimum absolute atomic E-state index is 0.0617. The molecule has 1 aromatic carbocycles. The second-order valence-electron chi connectivity index (χ2n) is 7.56. The highest BCUT2D eigenvalue weighted by Crippen LogP contribution is 2.73. The Kier molecular flexibility index (Phi) is 2.94. The van der Waals surface area contributed by atoms with Crippen molar-refractivity contribution in [2.75, 3.05) is 7.11 Å². The maximum absolute atomic E-state index is 12.5. The number of methoxy groups -OCH3 is 1. The van der Waals surface area contributed by atoms with Gasteiger partial charge in [0.05, 0.1) is 7.11 Å². The highest BCUT2D eigenvalue weighted by Gasteiger charge is 2.68. The van der Waals surface area contributed by atoms with E-state index in [1.165, 1.54) is 24.8 Å². The smallest absolute Gasteiger partial charge is 0.156 e. The van der Waals surface area contributed by atoms with E-state index in [-0.39, 0.29) is 22.0 Å². The maximum Gasteiger partial charge on any atom is 0.156 e. The maximum atomic E-state index is 12.5. The minimum atomic E-state index is -0.272. The molecule has 120 valence electrons. The van der Waals surface area contributed by atoms with Crippen molar-refractivity contribution in [3.63, 3.8) is 0 Å². The number of Topliss-reactive ketones (excluding diaryl/α,β-unsaturated/α-hetero) is 1. The van der Waals surface area contributed by atoms with Crippen molar-refractivity contribution in [1.82, 2.24) is 0 Å². The normalized spacial score (nSPS) is 37.4. The number of hydrogen-bond acceptors (Lipinski definition) is 2. The summed E-state index contributed by atoms with van der Waals surface area (Å²) in [5, 5.41) is 0. The third-order valence-electron chi connectivity index (χ3n) is 6.80. The van der Waals surface area contributed by atoms with E-state index in [0.717, 1.165) is 17.7 Å². The molecule has 0 heterocycles. The van der Waals surface area contributed by atoms with Crippen molar-refractivity contribution in [3.8, 4) is 5.75 Å². The largest absolute Gasteiger partial charge is 0.497 e. The average molecular weight is 308 g/mol. The minimum Gasteiger partial charge on any atom is -0.497 e. The van der Waals surface area contributed by atoms with E-state index in [1.54, 1.807) is 14.0 Å². The van der Waals surface area contributed by atoms with Crippen LogP contribution in [0.5, 0.6) is 5.75 Å². The summed E-state index contributed by atoms with van der Waals surface area (Å²) in [5.41, 5.74) is 2.08. The summed E-state index contributed by atoms with van der Waals surface area (Å²) in [6.07, 6.45) is 11.9. The van der Waals surface area contributed by atoms with E-state index in [9.17, 15) is 4.79 Å². The fourth-order valence-corrected chi connectivity index (χ4v) is 5.54. The van der Waals surface area contributed by atoms with Gasteiger partial charge in [-0.3, -0.25) is 4.79 Å². The Labute approximate surface area is 138 Å². The van der Waals surface area contributed by atoms with Gasteiger partial charge in [-0.15, -0.1) is 0 Å². The average Bonchev–Trinajstić information content (AvgIpc) is 2.97. The molecule has 0 aromatic heterocycles. The summed E-state index contributed by atoms with van der Waals surface area (Å²) in [4.78, 5) is 12.5. The quantitative estimate of drug-likeness (QED) is 0.763. The summed E-state index contributed by atoms with van der Waals surface area (Å²) in [5.74, 6) is 1.07.